The SMILES string of the molecule is Cc1cccc(C(=O)NCC(=O)N2CCC[C@H]2C[C@H](C)O)c1. The Kier molecular flexibility index (Phi) is 5.55. The van der Waals surface area contributed by atoms with Gasteiger partial charge in [-0.3, -0.25) is 9.59 Å². The zero-order chi connectivity index (χ0) is 16.1. The quantitative estimate of drug-likeness (QED) is 0.866. The average molecular weight is 304 g/mol. The number of benzene rings is 1. The van der Waals surface area contributed by atoms with Gasteiger partial charge in [0.15, 0.2) is 0 Å². The molecule has 1 fully saturated rings. The van der Waals surface area contributed by atoms with Crippen molar-refractivity contribution >= 4 is 11.8 Å². The van der Waals surface area contributed by atoms with Crippen molar-refractivity contribution in [2.24, 2.45) is 0 Å². The van der Waals surface area contributed by atoms with Gasteiger partial charge in [-0.25, -0.2) is 0 Å². The van der Waals surface area contributed by atoms with Gasteiger partial charge in [0.1, 0.15) is 0 Å². The maximum Gasteiger partial charge on any atom is 0.251 e. The summed E-state index contributed by atoms with van der Waals surface area (Å²) in [5, 5.41) is 12.2. The highest BCUT2D eigenvalue weighted by Crippen LogP contribution is 2.21. The Morgan fingerprint density at radius 3 is 2.91 bits per heavy atom. The van der Waals surface area contributed by atoms with Crippen LogP contribution in [0, 0.1) is 6.92 Å². The normalized spacial score (nSPS) is 19.0. The smallest absolute Gasteiger partial charge is 0.251 e. The van der Waals surface area contributed by atoms with Gasteiger partial charge in [-0.05, 0) is 45.2 Å². The summed E-state index contributed by atoms with van der Waals surface area (Å²) in [6, 6.07) is 7.37. The molecule has 5 heteroatoms. The van der Waals surface area contributed by atoms with Crippen molar-refractivity contribution < 1.29 is 14.7 Å². The van der Waals surface area contributed by atoms with Gasteiger partial charge >= 0.3 is 0 Å². The monoisotopic (exact) mass is 304 g/mol. The summed E-state index contributed by atoms with van der Waals surface area (Å²) in [6.07, 6.45) is 2.05. The van der Waals surface area contributed by atoms with E-state index in [0.717, 1.165) is 18.4 Å². The molecule has 1 aromatic rings. The van der Waals surface area contributed by atoms with Crippen molar-refractivity contribution in [3.63, 3.8) is 0 Å². The number of aliphatic hydroxyl groups is 1. The van der Waals surface area contributed by atoms with Crippen molar-refractivity contribution in [2.75, 3.05) is 13.1 Å². The molecule has 0 aliphatic carbocycles. The number of aliphatic hydroxyl groups excluding tert-OH is 1. The highest BCUT2D eigenvalue weighted by molar-refractivity contribution is 5.96. The van der Waals surface area contributed by atoms with E-state index < -0.39 is 6.10 Å². The molecule has 5 nitrogen and oxygen atoms in total. The predicted molar refractivity (Wildman–Crippen MR) is 84.5 cm³/mol. The van der Waals surface area contributed by atoms with Crippen LogP contribution < -0.4 is 5.32 Å². The number of carbonyl (C=O) groups is 2. The molecule has 1 aromatic carbocycles. The van der Waals surface area contributed by atoms with Gasteiger partial charge in [-0.2, -0.15) is 0 Å². The van der Waals surface area contributed by atoms with Gasteiger partial charge in [-0.15, -0.1) is 0 Å². The van der Waals surface area contributed by atoms with E-state index in [1.807, 2.05) is 19.1 Å². The number of nitrogens with one attached hydrogen (secondary N) is 1. The second kappa shape index (κ2) is 7.40. The lowest BCUT2D eigenvalue weighted by Crippen LogP contribution is -2.43. The minimum absolute atomic E-state index is 0.00306. The summed E-state index contributed by atoms with van der Waals surface area (Å²) in [5.74, 6) is -0.313. The summed E-state index contributed by atoms with van der Waals surface area (Å²) < 4.78 is 0. The Hall–Kier alpha value is -1.88. The van der Waals surface area contributed by atoms with Gasteiger partial charge in [0.25, 0.3) is 5.91 Å². The van der Waals surface area contributed by atoms with Crippen molar-refractivity contribution in [2.45, 2.75) is 45.3 Å². The van der Waals surface area contributed by atoms with Crippen LogP contribution >= 0.6 is 0 Å². The van der Waals surface area contributed by atoms with E-state index in [0.29, 0.717) is 18.5 Å². The molecular weight excluding hydrogens is 280 g/mol. The Bertz CT molecular complexity index is 542. The molecule has 0 unspecified atom stereocenters. The number of hydrogen-bond acceptors (Lipinski definition) is 3. The summed E-state index contributed by atoms with van der Waals surface area (Å²) >= 11 is 0. The van der Waals surface area contributed by atoms with Crippen LogP contribution in [-0.2, 0) is 4.79 Å². The van der Waals surface area contributed by atoms with E-state index in [2.05, 4.69) is 5.32 Å². The highest BCUT2D eigenvalue weighted by Gasteiger charge is 2.29. The maximum absolute atomic E-state index is 12.3. The lowest BCUT2D eigenvalue weighted by Gasteiger charge is -2.25. The van der Waals surface area contributed by atoms with E-state index in [1.54, 1.807) is 24.0 Å². The van der Waals surface area contributed by atoms with Crippen molar-refractivity contribution in [3.05, 3.63) is 35.4 Å². The summed E-state index contributed by atoms with van der Waals surface area (Å²) in [6.45, 7) is 4.37. The summed E-state index contributed by atoms with van der Waals surface area (Å²) in [5.41, 5.74) is 1.57. The third-order valence-corrected chi connectivity index (χ3v) is 3.99. The Balaban J connectivity index is 1.88. The van der Waals surface area contributed by atoms with Crippen LogP contribution in [0.2, 0.25) is 0 Å². The first-order valence-corrected chi connectivity index (χ1v) is 7.80. The van der Waals surface area contributed by atoms with Crippen LogP contribution in [0.4, 0.5) is 0 Å². The third-order valence-electron chi connectivity index (χ3n) is 3.99. The molecule has 1 aliphatic heterocycles. The molecule has 0 spiro atoms. The molecule has 0 bridgehead atoms. The molecular formula is C17H24N2O3. The van der Waals surface area contributed by atoms with Gasteiger partial charge < -0.3 is 15.3 Å². The van der Waals surface area contributed by atoms with E-state index in [9.17, 15) is 14.7 Å². The van der Waals surface area contributed by atoms with Crippen LogP contribution in [0.25, 0.3) is 0 Å². The van der Waals surface area contributed by atoms with Crippen LogP contribution in [0.15, 0.2) is 24.3 Å². The fourth-order valence-electron chi connectivity index (χ4n) is 2.95. The van der Waals surface area contributed by atoms with Gasteiger partial charge in [0.2, 0.25) is 5.91 Å². The van der Waals surface area contributed by atoms with Crippen LogP contribution in [0.1, 0.15) is 42.1 Å². The molecule has 22 heavy (non-hydrogen) atoms. The molecule has 120 valence electrons. The van der Waals surface area contributed by atoms with Crippen LogP contribution in [0.5, 0.6) is 0 Å². The molecule has 1 saturated heterocycles. The second-order valence-electron chi connectivity index (χ2n) is 6.02. The molecule has 0 aromatic heterocycles. The number of likely N-dealkylation sites (tertiary alicyclic amines) is 1. The lowest BCUT2D eigenvalue weighted by atomic mass is 10.1. The van der Waals surface area contributed by atoms with Gasteiger partial charge in [0, 0.05) is 18.2 Å². The predicted octanol–water partition coefficient (Wildman–Crippen LogP) is 1.49. The maximum atomic E-state index is 12.3. The number of hydrogen-bond donors (Lipinski definition) is 2. The first-order valence-electron chi connectivity index (χ1n) is 7.80. The Labute approximate surface area is 131 Å². The highest BCUT2D eigenvalue weighted by atomic mass is 16.3. The number of carbonyl (C=O) groups excluding carboxylic acids is 2. The Morgan fingerprint density at radius 2 is 2.23 bits per heavy atom. The average Bonchev–Trinajstić information content (AvgIpc) is 2.91. The first-order chi connectivity index (χ1) is 10.5. The van der Waals surface area contributed by atoms with E-state index in [-0.39, 0.29) is 24.4 Å². The lowest BCUT2D eigenvalue weighted by molar-refractivity contribution is -0.131. The molecule has 2 amide bonds. The molecule has 2 atom stereocenters. The zero-order valence-corrected chi connectivity index (χ0v) is 13.2. The fraction of sp³-hybridized carbons (Fsp3) is 0.529. The summed E-state index contributed by atoms with van der Waals surface area (Å²) in [7, 11) is 0. The van der Waals surface area contributed by atoms with Crippen molar-refractivity contribution in [1.29, 1.82) is 0 Å². The molecule has 0 saturated carbocycles. The number of rotatable bonds is 5. The second-order valence-corrected chi connectivity index (χ2v) is 6.02. The molecule has 1 aliphatic rings. The standard InChI is InChI=1S/C17H24N2O3/c1-12-5-3-6-14(9-12)17(22)18-11-16(21)19-8-4-7-15(19)10-13(2)20/h3,5-6,9,13,15,20H,4,7-8,10-11H2,1-2H3,(H,18,22)/t13-,15-/m0/s1. The molecule has 2 N–H and O–H groups in total. The summed E-state index contributed by atoms with van der Waals surface area (Å²) in [4.78, 5) is 26.1. The molecule has 2 rings (SSSR count). The topological polar surface area (TPSA) is 69.6 Å². The van der Waals surface area contributed by atoms with Gasteiger partial charge in [0.05, 0.1) is 12.6 Å². The van der Waals surface area contributed by atoms with Crippen LogP contribution in [0.3, 0.4) is 0 Å². The number of amides is 2. The number of nitrogens with zero attached hydrogens (tertiary/aromatic N) is 1. The first kappa shape index (κ1) is 16.5. The van der Waals surface area contributed by atoms with Crippen molar-refractivity contribution in [3.8, 4) is 0 Å². The van der Waals surface area contributed by atoms with Gasteiger partial charge in [-0.1, -0.05) is 17.7 Å². The molecule has 1 heterocycles. The van der Waals surface area contributed by atoms with E-state index >= 15 is 0 Å². The minimum atomic E-state index is -0.416. The van der Waals surface area contributed by atoms with E-state index in [1.165, 1.54) is 0 Å². The number of aryl methyl sites for hydroxylation is 1. The Morgan fingerprint density at radius 1 is 1.45 bits per heavy atom. The van der Waals surface area contributed by atoms with E-state index in [4.69, 9.17) is 0 Å². The molecule has 0 radical (unpaired) electrons. The van der Waals surface area contributed by atoms with Crippen LogP contribution in [-0.4, -0.2) is 47.1 Å². The fourth-order valence-corrected chi connectivity index (χ4v) is 2.95. The third kappa shape index (κ3) is 4.31. The zero-order valence-electron chi connectivity index (χ0n) is 13.2. The van der Waals surface area contributed by atoms with Crippen molar-refractivity contribution in [1.82, 2.24) is 10.2 Å². The minimum Gasteiger partial charge on any atom is -0.393 e. The largest absolute Gasteiger partial charge is 0.393 e.